The molecular weight excluding hydrogens is 493 g/mol. The van der Waals surface area contributed by atoms with Gasteiger partial charge in [-0.25, -0.2) is 13.1 Å². The second kappa shape index (κ2) is 12.4. The van der Waals surface area contributed by atoms with E-state index in [0.717, 1.165) is 0 Å². The van der Waals surface area contributed by atoms with Crippen LogP contribution in [-0.2, 0) is 14.8 Å². The first-order valence-corrected chi connectivity index (χ1v) is 12.6. The van der Waals surface area contributed by atoms with Gasteiger partial charge < -0.3 is 15.4 Å². The molecule has 1 amide bonds. The van der Waals surface area contributed by atoms with Gasteiger partial charge in [-0.05, 0) is 74.4 Å². The van der Waals surface area contributed by atoms with Crippen LogP contribution in [0, 0.1) is 0 Å². The standard InChI is InChI=1S/C21H25Cl2N3O4S2/c1-3-14(2)26-32(28,29)17-9-7-16(8-10-17)24-21(31)25-20(27)5-4-12-30-19-11-6-15(22)13-18(19)23/h6-11,13-14,26H,3-5,12H2,1-2H3,(H2,24,25,27,31). The fraction of sp³-hybridized carbons (Fsp3) is 0.333. The highest BCUT2D eigenvalue weighted by molar-refractivity contribution is 7.89. The van der Waals surface area contributed by atoms with Gasteiger partial charge in [0.25, 0.3) is 0 Å². The quantitative estimate of drug-likeness (QED) is 0.311. The summed E-state index contributed by atoms with van der Waals surface area (Å²) in [5, 5.41) is 6.47. The SMILES string of the molecule is CCC(C)NS(=O)(=O)c1ccc(NC(=S)NC(=O)CCCOc2ccc(Cl)cc2Cl)cc1. The fourth-order valence-corrected chi connectivity index (χ4v) is 4.51. The van der Waals surface area contributed by atoms with E-state index < -0.39 is 10.0 Å². The largest absolute Gasteiger partial charge is 0.492 e. The fourth-order valence-electron chi connectivity index (χ4n) is 2.49. The lowest BCUT2D eigenvalue weighted by molar-refractivity contribution is -0.119. The average molecular weight is 518 g/mol. The van der Waals surface area contributed by atoms with Gasteiger partial charge in [0.05, 0.1) is 16.5 Å². The number of hydrogen-bond acceptors (Lipinski definition) is 5. The number of ether oxygens (including phenoxy) is 1. The highest BCUT2D eigenvalue weighted by Crippen LogP contribution is 2.27. The molecule has 0 aliphatic heterocycles. The second-order valence-electron chi connectivity index (χ2n) is 6.98. The zero-order valence-corrected chi connectivity index (χ0v) is 20.8. The summed E-state index contributed by atoms with van der Waals surface area (Å²) in [6.45, 7) is 4.00. The Kier molecular flexibility index (Phi) is 10.2. The van der Waals surface area contributed by atoms with Gasteiger partial charge in [0.1, 0.15) is 5.75 Å². The molecule has 0 aliphatic carbocycles. The number of carbonyl (C=O) groups is 1. The molecule has 0 saturated heterocycles. The first kappa shape index (κ1) is 26.3. The summed E-state index contributed by atoms with van der Waals surface area (Å²) in [7, 11) is -3.58. The normalized spacial score (nSPS) is 12.1. The van der Waals surface area contributed by atoms with Crippen molar-refractivity contribution in [2.75, 3.05) is 11.9 Å². The molecule has 0 heterocycles. The topological polar surface area (TPSA) is 96.5 Å². The highest BCUT2D eigenvalue weighted by atomic mass is 35.5. The van der Waals surface area contributed by atoms with E-state index >= 15 is 0 Å². The first-order valence-electron chi connectivity index (χ1n) is 9.91. The summed E-state index contributed by atoms with van der Waals surface area (Å²) in [6.07, 6.45) is 1.35. The third-order valence-electron chi connectivity index (χ3n) is 4.34. The summed E-state index contributed by atoms with van der Waals surface area (Å²) >= 11 is 17.0. The third kappa shape index (κ3) is 8.55. The molecule has 1 atom stereocenters. The summed E-state index contributed by atoms with van der Waals surface area (Å²) in [5.41, 5.74) is 0.554. The van der Waals surface area contributed by atoms with Crippen LogP contribution in [0.1, 0.15) is 33.1 Å². The average Bonchev–Trinajstić information content (AvgIpc) is 2.72. The number of rotatable bonds is 10. The Morgan fingerprint density at radius 3 is 2.47 bits per heavy atom. The lowest BCUT2D eigenvalue weighted by Crippen LogP contribution is -2.34. The molecule has 11 heteroatoms. The molecule has 2 aromatic carbocycles. The number of halogens is 2. The molecule has 0 aliphatic rings. The van der Waals surface area contributed by atoms with Crippen LogP contribution in [0.4, 0.5) is 5.69 Å². The van der Waals surface area contributed by atoms with Crippen LogP contribution in [0.2, 0.25) is 10.0 Å². The van der Waals surface area contributed by atoms with E-state index in [1.54, 1.807) is 37.3 Å². The van der Waals surface area contributed by atoms with E-state index in [0.29, 0.717) is 40.9 Å². The van der Waals surface area contributed by atoms with Gasteiger partial charge in [-0.1, -0.05) is 30.1 Å². The molecule has 0 radical (unpaired) electrons. The highest BCUT2D eigenvalue weighted by Gasteiger charge is 2.16. The summed E-state index contributed by atoms with van der Waals surface area (Å²) < 4.78 is 32.7. The number of nitrogens with one attached hydrogen (secondary N) is 3. The first-order chi connectivity index (χ1) is 15.1. The van der Waals surface area contributed by atoms with Crippen molar-refractivity contribution in [3.63, 3.8) is 0 Å². The molecule has 3 N–H and O–H groups in total. The van der Waals surface area contributed by atoms with Crippen molar-refractivity contribution in [1.82, 2.24) is 10.0 Å². The van der Waals surface area contributed by atoms with Gasteiger partial charge in [-0.2, -0.15) is 0 Å². The van der Waals surface area contributed by atoms with Crippen molar-refractivity contribution in [2.45, 2.75) is 44.0 Å². The number of benzene rings is 2. The van der Waals surface area contributed by atoms with Gasteiger partial charge in [0.2, 0.25) is 15.9 Å². The number of thiocarbonyl (C=S) groups is 1. The zero-order valence-electron chi connectivity index (χ0n) is 17.7. The Morgan fingerprint density at radius 2 is 1.84 bits per heavy atom. The van der Waals surface area contributed by atoms with Crippen LogP contribution < -0.4 is 20.1 Å². The summed E-state index contributed by atoms with van der Waals surface area (Å²) in [6, 6.07) is 10.9. The predicted molar refractivity (Wildman–Crippen MR) is 132 cm³/mol. The molecule has 0 fully saturated rings. The number of hydrogen-bond donors (Lipinski definition) is 3. The Balaban J connectivity index is 1.76. The molecule has 174 valence electrons. The van der Waals surface area contributed by atoms with Crippen LogP contribution in [0.15, 0.2) is 47.4 Å². The molecule has 0 bridgehead atoms. The molecule has 0 aromatic heterocycles. The minimum Gasteiger partial charge on any atom is -0.492 e. The maximum atomic E-state index is 12.3. The molecule has 32 heavy (non-hydrogen) atoms. The maximum Gasteiger partial charge on any atom is 0.240 e. The van der Waals surface area contributed by atoms with E-state index in [1.165, 1.54) is 12.1 Å². The molecular formula is C21H25Cl2N3O4S2. The van der Waals surface area contributed by atoms with Gasteiger partial charge in [-0.3, -0.25) is 4.79 Å². The number of carbonyl (C=O) groups excluding carboxylic acids is 1. The number of sulfonamides is 1. The van der Waals surface area contributed by atoms with Gasteiger partial charge in [-0.15, -0.1) is 0 Å². The van der Waals surface area contributed by atoms with Crippen molar-refractivity contribution in [2.24, 2.45) is 0 Å². The van der Waals surface area contributed by atoms with E-state index in [2.05, 4.69) is 15.4 Å². The minimum absolute atomic E-state index is 0.116. The van der Waals surface area contributed by atoms with Crippen molar-refractivity contribution in [3.05, 3.63) is 52.5 Å². The van der Waals surface area contributed by atoms with Crippen molar-refractivity contribution < 1.29 is 17.9 Å². The predicted octanol–water partition coefficient (Wildman–Crippen LogP) is 4.74. The molecule has 2 aromatic rings. The lowest BCUT2D eigenvalue weighted by atomic mass is 10.3. The summed E-state index contributed by atoms with van der Waals surface area (Å²) in [4.78, 5) is 12.2. The summed E-state index contributed by atoms with van der Waals surface area (Å²) in [5.74, 6) is 0.226. The van der Waals surface area contributed by atoms with Crippen molar-refractivity contribution in [3.8, 4) is 5.75 Å². The lowest BCUT2D eigenvalue weighted by Gasteiger charge is -2.13. The van der Waals surface area contributed by atoms with Crippen LogP contribution in [0.25, 0.3) is 0 Å². The van der Waals surface area contributed by atoms with E-state index in [1.807, 2.05) is 6.92 Å². The number of amides is 1. The molecule has 0 spiro atoms. The monoisotopic (exact) mass is 517 g/mol. The molecule has 0 saturated carbocycles. The number of anilines is 1. The smallest absolute Gasteiger partial charge is 0.240 e. The van der Waals surface area contributed by atoms with Crippen LogP contribution in [0.3, 0.4) is 0 Å². The van der Waals surface area contributed by atoms with Crippen molar-refractivity contribution >= 4 is 62.2 Å². The van der Waals surface area contributed by atoms with E-state index in [-0.39, 0.29) is 28.4 Å². The van der Waals surface area contributed by atoms with Gasteiger partial charge in [0, 0.05) is 23.2 Å². The molecule has 7 nitrogen and oxygen atoms in total. The van der Waals surface area contributed by atoms with Gasteiger partial charge >= 0.3 is 0 Å². The Bertz CT molecular complexity index is 1050. The van der Waals surface area contributed by atoms with Crippen molar-refractivity contribution in [1.29, 1.82) is 0 Å². The second-order valence-corrected chi connectivity index (χ2v) is 9.95. The molecule has 2 rings (SSSR count). The van der Waals surface area contributed by atoms with Gasteiger partial charge in [0.15, 0.2) is 5.11 Å². The maximum absolute atomic E-state index is 12.3. The van der Waals surface area contributed by atoms with Crippen LogP contribution in [0.5, 0.6) is 5.75 Å². The Labute approximate surface area is 203 Å². The Hall–Kier alpha value is -1.91. The molecule has 1 unspecified atom stereocenters. The van der Waals surface area contributed by atoms with E-state index in [4.69, 9.17) is 40.2 Å². The zero-order chi connectivity index (χ0) is 23.7. The van der Waals surface area contributed by atoms with Crippen LogP contribution >= 0.6 is 35.4 Å². The minimum atomic E-state index is -3.58. The third-order valence-corrected chi connectivity index (χ3v) is 6.68. The van der Waals surface area contributed by atoms with Crippen LogP contribution in [-0.4, -0.2) is 32.1 Å². The Morgan fingerprint density at radius 1 is 1.16 bits per heavy atom. The van der Waals surface area contributed by atoms with E-state index in [9.17, 15) is 13.2 Å².